The highest BCUT2D eigenvalue weighted by Crippen LogP contribution is 2.19. The fourth-order valence-corrected chi connectivity index (χ4v) is 2.38. The Morgan fingerprint density at radius 1 is 1.56 bits per heavy atom. The van der Waals surface area contributed by atoms with E-state index in [1.54, 1.807) is 0 Å². The molecule has 1 atom stereocenters. The van der Waals surface area contributed by atoms with Gasteiger partial charge in [0, 0.05) is 13.2 Å². The van der Waals surface area contributed by atoms with Crippen molar-refractivity contribution in [2.45, 2.75) is 31.8 Å². The van der Waals surface area contributed by atoms with Gasteiger partial charge in [-0.05, 0) is 50.3 Å². The molecule has 0 aliphatic carbocycles. The molecular formula is C12H21N3O. The molecule has 0 amide bonds. The molecule has 4 nitrogen and oxygen atoms in total. The Morgan fingerprint density at radius 2 is 2.31 bits per heavy atom. The summed E-state index contributed by atoms with van der Waals surface area (Å²) in [7, 11) is 1.92. The van der Waals surface area contributed by atoms with Gasteiger partial charge in [0.25, 0.3) is 0 Å². The third-order valence-electron chi connectivity index (χ3n) is 3.42. The molecule has 1 aliphatic rings. The second-order valence-electron chi connectivity index (χ2n) is 4.72. The van der Waals surface area contributed by atoms with Crippen LogP contribution in [0.2, 0.25) is 0 Å². The van der Waals surface area contributed by atoms with Crippen molar-refractivity contribution >= 4 is 0 Å². The van der Waals surface area contributed by atoms with Gasteiger partial charge in [0.1, 0.15) is 0 Å². The Bertz CT molecular complexity index is 318. The van der Waals surface area contributed by atoms with Crippen LogP contribution < -0.4 is 5.32 Å². The average molecular weight is 223 g/mol. The molecule has 1 aliphatic heterocycles. The summed E-state index contributed by atoms with van der Waals surface area (Å²) < 4.78 is 1.81. The highest BCUT2D eigenvalue weighted by atomic mass is 16.3. The Balaban J connectivity index is 1.76. The second kappa shape index (κ2) is 5.46. The summed E-state index contributed by atoms with van der Waals surface area (Å²) in [6.07, 6.45) is 7.75. The fraction of sp³-hybridized carbons (Fsp3) is 0.750. The molecule has 0 spiro atoms. The van der Waals surface area contributed by atoms with Crippen LogP contribution in [-0.2, 0) is 13.5 Å². The van der Waals surface area contributed by atoms with E-state index >= 15 is 0 Å². The molecule has 2 N–H and O–H groups in total. The predicted octanol–water partition coefficient (Wildman–Crippen LogP) is 0.713. The molecule has 1 aromatic heterocycles. The normalized spacial score (nSPS) is 19.9. The molecule has 16 heavy (non-hydrogen) atoms. The number of hydrogen-bond acceptors (Lipinski definition) is 3. The summed E-state index contributed by atoms with van der Waals surface area (Å²) >= 11 is 0. The van der Waals surface area contributed by atoms with Crippen molar-refractivity contribution in [1.82, 2.24) is 15.1 Å². The third-order valence-corrected chi connectivity index (χ3v) is 3.42. The molecule has 1 fully saturated rings. The Morgan fingerprint density at radius 3 is 2.94 bits per heavy atom. The lowest BCUT2D eigenvalue weighted by molar-refractivity contribution is 0.0813. The summed E-state index contributed by atoms with van der Waals surface area (Å²) in [5.41, 5.74) is 1.22. The molecule has 0 bridgehead atoms. The van der Waals surface area contributed by atoms with Gasteiger partial charge in [-0.25, -0.2) is 0 Å². The molecule has 1 unspecified atom stereocenters. The van der Waals surface area contributed by atoms with Crippen LogP contribution in [0, 0.1) is 5.92 Å². The number of aromatic nitrogens is 2. The summed E-state index contributed by atoms with van der Waals surface area (Å²) in [6, 6.07) is 0. The van der Waals surface area contributed by atoms with Crippen LogP contribution in [0.5, 0.6) is 0 Å². The van der Waals surface area contributed by atoms with Crippen LogP contribution in [0.1, 0.15) is 24.8 Å². The summed E-state index contributed by atoms with van der Waals surface area (Å²) in [4.78, 5) is 0. The molecule has 1 aromatic rings. The topological polar surface area (TPSA) is 50.1 Å². The predicted molar refractivity (Wildman–Crippen MR) is 63.1 cm³/mol. The van der Waals surface area contributed by atoms with Crippen LogP contribution in [0.3, 0.4) is 0 Å². The SMILES string of the molecule is Cn1cc(CCC(O)C2CCNCC2)cn1. The van der Waals surface area contributed by atoms with E-state index in [4.69, 9.17) is 0 Å². The van der Waals surface area contributed by atoms with Crippen molar-refractivity contribution in [3.63, 3.8) is 0 Å². The van der Waals surface area contributed by atoms with Gasteiger partial charge in [0.2, 0.25) is 0 Å². The van der Waals surface area contributed by atoms with E-state index in [2.05, 4.69) is 10.4 Å². The maximum absolute atomic E-state index is 10.1. The van der Waals surface area contributed by atoms with E-state index in [-0.39, 0.29) is 6.10 Å². The van der Waals surface area contributed by atoms with Crippen LogP contribution in [0.25, 0.3) is 0 Å². The van der Waals surface area contributed by atoms with E-state index < -0.39 is 0 Å². The van der Waals surface area contributed by atoms with Gasteiger partial charge in [-0.1, -0.05) is 0 Å². The average Bonchev–Trinajstić information content (AvgIpc) is 2.73. The maximum Gasteiger partial charge on any atom is 0.0572 e. The first-order valence-electron chi connectivity index (χ1n) is 6.12. The molecule has 0 saturated carbocycles. The number of nitrogens with one attached hydrogen (secondary N) is 1. The molecule has 2 rings (SSSR count). The summed E-state index contributed by atoms with van der Waals surface area (Å²) in [6.45, 7) is 2.10. The van der Waals surface area contributed by atoms with Gasteiger partial charge in [-0.3, -0.25) is 4.68 Å². The van der Waals surface area contributed by atoms with Crippen molar-refractivity contribution in [2.24, 2.45) is 13.0 Å². The Hall–Kier alpha value is -0.870. The quantitative estimate of drug-likeness (QED) is 0.790. The summed E-state index contributed by atoms with van der Waals surface area (Å²) in [5, 5.41) is 17.5. The van der Waals surface area contributed by atoms with Crippen LogP contribution >= 0.6 is 0 Å². The molecular weight excluding hydrogens is 202 g/mol. The highest BCUT2D eigenvalue weighted by molar-refractivity contribution is 5.03. The van der Waals surface area contributed by atoms with Crippen molar-refractivity contribution in [2.75, 3.05) is 13.1 Å². The lowest BCUT2D eigenvalue weighted by atomic mass is 9.89. The van der Waals surface area contributed by atoms with E-state index in [0.29, 0.717) is 5.92 Å². The lowest BCUT2D eigenvalue weighted by Gasteiger charge is -2.27. The number of rotatable bonds is 4. The zero-order valence-corrected chi connectivity index (χ0v) is 9.89. The van der Waals surface area contributed by atoms with Crippen LogP contribution in [0.4, 0.5) is 0 Å². The minimum absolute atomic E-state index is 0.151. The number of aryl methyl sites for hydroxylation is 2. The molecule has 90 valence electrons. The van der Waals surface area contributed by atoms with Crippen LogP contribution in [0.15, 0.2) is 12.4 Å². The molecule has 4 heteroatoms. The van der Waals surface area contributed by atoms with Gasteiger partial charge >= 0.3 is 0 Å². The summed E-state index contributed by atoms with van der Waals surface area (Å²) in [5.74, 6) is 0.484. The first-order valence-corrected chi connectivity index (χ1v) is 6.12. The molecule has 1 saturated heterocycles. The zero-order chi connectivity index (χ0) is 11.4. The number of hydrogen-bond donors (Lipinski definition) is 2. The number of nitrogens with zero attached hydrogens (tertiary/aromatic N) is 2. The monoisotopic (exact) mass is 223 g/mol. The van der Waals surface area contributed by atoms with Gasteiger partial charge in [-0.15, -0.1) is 0 Å². The molecule has 2 heterocycles. The first kappa shape index (κ1) is 11.6. The Kier molecular flexibility index (Phi) is 3.96. The smallest absolute Gasteiger partial charge is 0.0572 e. The van der Waals surface area contributed by atoms with Crippen molar-refractivity contribution < 1.29 is 5.11 Å². The van der Waals surface area contributed by atoms with Gasteiger partial charge in [0.05, 0.1) is 12.3 Å². The second-order valence-corrected chi connectivity index (χ2v) is 4.72. The fourth-order valence-electron chi connectivity index (χ4n) is 2.38. The molecule has 0 aromatic carbocycles. The van der Waals surface area contributed by atoms with Crippen molar-refractivity contribution in [1.29, 1.82) is 0 Å². The molecule has 0 radical (unpaired) electrons. The first-order chi connectivity index (χ1) is 7.75. The van der Waals surface area contributed by atoms with Crippen molar-refractivity contribution in [3.05, 3.63) is 18.0 Å². The standard InChI is InChI=1S/C12H21N3O/c1-15-9-10(8-14-15)2-3-12(16)11-4-6-13-7-5-11/h8-9,11-13,16H,2-7H2,1H3. The third kappa shape index (κ3) is 3.06. The van der Waals surface area contributed by atoms with Crippen molar-refractivity contribution in [3.8, 4) is 0 Å². The van der Waals surface area contributed by atoms with E-state index in [1.807, 2.05) is 24.1 Å². The number of piperidine rings is 1. The maximum atomic E-state index is 10.1. The van der Waals surface area contributed by atoms with E-state index in [9.17, 15) is 5.11 Å². The minimum atomic E-state index is -0.151. The van der Waals surface area contributed by atoms with Crippen LogP contribution in [-0.4, -0.2) is 34.1 Å². The van der Waals surface area contributed by atoms with Gasteiger partial charge in [-0.2, -0.15) is 5.10 Å². The lowest BCUT2D eigenvalue weighted by Crippen LogP contribution is -2.34. The number of aliphatic hydroxyl groups is 1. The largest absolute Gasteiger partial charge is 0.393 e. The van der Waals surface area contributed by atoms with Gasteiger partial charge < -0.3 is 10.4 Å². The Labute approximate surface area is 96.7 Å². The van der Waals surface area contributed by atoms with E-state index in [0.717, 1.165) is 38.8 Å². The van der Waals surface area contributed by atoms with Gasteiger partial charge in [0.15, 0.2) is 0 Å². The zero-order valence-electron chi connectivity index (χ0n) is 9.89. The highest BCUT2D eigenvalue weighted by Gasteiger charge is 2.21. The minimum Gasteiger partial charge on any atom is -0.393 e. The van der Waals surface area contributed by atoms with E-state index in [1.165, 1.54) is 5.56 Å². The number of aliphatic hydroxyl groups excluding tert-OH is 1.